The first-order chi connectivity index (χ1) is 7.34. The first-order valence-corrected chi connectivity index (χ1v) is 6.79. The van der Waals surface area contributed by atoms with E-state index in [0.717, 1.165) is 12.1 Å². The van der Waals surface area contributed by atoms with Crippen LogP contribution in [0.2, 0.25) is 0 Å². The predicted molar refractivity (Wildman–Crippen MR) is 65.1 cm³/mol. The molecule has 1 atom stereocenters. The Bertz CT molecular complexity index is 173. The molecular weight excluding hydrogens is 184 g/mol. The fourth-order valence-electron chi connectivity index (χ4n) is 3.03. The molecule has 1 saturated carbocycles. The van der Waals surface area contributed by atoms with E-state index in [0.29, 0.717) is 0 Å². The average molecular weight is 210 g/mol. The molecule has 1 saturated heterocycles. The first kappa shape index (κ1) is 11.4. The summed E-state index contributed by atoms with van der Waals surface area (Å²) in [6, 6.07) is 1.60. The molecule has 2 nitrogen and oxygen atoms in total. The molecule has 2 aliphatic rings. The van der Waals surface area contributed by atoms with Gasteiger partial charge in [0.1, 0.15) is 0 Å². The smallest absolute Gasteiger partial charge is 0.0209 e. The Morgan fingerprint density at radius 2 is 1.53 bits per heavy atom. The number of nitrogens with zero attached hydrogens (tertiary/aromatic N) is 1. The number of hydrogen-bond donors (Lipinski definition) is 1. The van der Waals surface area contributed by atoms with Crippen molar-refractivity contribution in [3.63, 3.8) is 0 Å². The van der Waals surface area contributed by atoms with Gasteiger partial charge in [0.05, 0.1) is 0 Å². The fourth-order valence-corrected chi connectivity index (χ4v) is 3.03. The zero-order valence-corrected chi connectivity index (χ0v) is 10.2. The minimum absolute atomic E-state index is 0.777. The van der Waals surface area contributed by atoms with E-state index in [1.54, 1.807) is 0 Å². The van der Waals surface area contributed by atoms with Gasteiger partial charge in [-0.25, -0.2) is 0 Å². The molecule has 0 aromatic carbocycles. The van der Waals surface area contributed by atoms with E-state index in [1.165, 1.54) is 64.5 Å². The number of nitrogens with one attached hydrogen (secondary N) is 1. The second kappa shape index (κ2) is 5.86. The summed E-state index contributed by atoms with van der Waals surface area (Å²) < 4.78 is 0. The van der Waals surface area contributed by atoms with Crippen molar-refractivity contribution in [1.82, 2.24) is 10.2 Å². The van der Waals surface area contributed by atoms with Gasteiger partial charge in [-0.15, -0.1) is 0 Å². The van der Waals surface area contributed by atoms with E-state index >= 15 is 0 Å². The molecule has 0 bridgehead atoms. The van der Waals surface area contributed by atoms with E-state index in [9.17, 15) is 0 Å². The normalized spacial score (nSPS) is 31.4. The number of likely N-dealkylation sites (tertiary alicyclic amines) is 1. The molecule has 1 aliphatic heterocycles. The highest BCUT2D eigenvalue weighted by atomic mass is 15.2. The van der Waals surface area contributed by atoms with Crippen LogP contribution in [-0.4, -0.2) is 37.1 Å². The maximum atomic E-state index is 3.87. The van der Waals surface area contributed by atoms with Crippen LogP contribution in [-0.2, 0) is 0 Å². The fraction of sp³-hybridized carbons (Fsp3) is 1.00. The molecule has 0 amide bonds. The van der Waals surface area contributed by atoms with Crippen LogP contribution in [0.3, 0.4) is 0 Å². The minimum atomic E-state index is 0.777. The summed E-state index contributed by atoms with van der Waals surface area (Å²) in [4.78, 5) is 2.45. The van der Waals surface area contributed by atoms with Gasteiger partial charge in [0.15, 0.2) is 0 Å². The topological polar surface area (TPSA) is 15.3 Å². The van der Waals surface area contributed by atoms with Gasteiger partial charge in [0, 0.05) is 18.6 Å². The molecule has 2 heteroatoms. The van der Waals surface area contributed by atoms with Crippen LogP contribution in [0.4, 0.5) is 0 Å². The van der Waals surface area contributed by atoms with Crippen molar-refractivity contribution in [2.24, 2.45) is 0 Å². The molecule has 0 aromatic rings. The lowest BCUT2D eigenvalue weighted by molar-refractivity contribution is 0.340. The number of hydrogen-bond acceptors (Lipinski definition) is 2. The predicted octanol–water partition coefficient (Wildman–Crippen LogP) is 2.39. The summed E-state index contributed by atoms with van der Waals surface area (Å²) in [5.74, 6) is 0. The monoisotopic (exact) mass is 210 g/mol. The minimum Gasteiger partial charge on any atom is -0.310 e. The Morgan fingerprint density at radius 3 is 2.13 bits per heavy atom. The van der Waals surface area contributed by atoms with Crippen LogP contribution in [0.5, 0.6) is 0 Å². The summed E-state index contributed by atoms with van der Waals surface area (Å²) in [6.07, 6.45) is 11.5. The van der Waals surface area contributed by atoms with Crippen LogP contribution >= 0.6 is 0 Å². The average Bonchev–Trinajstić information content (AvgIpc) is 2.56. The van der Waals surface area contributed by atoms with Gasteiger partial charge in [-0.3, -0.25) is 0 Å². The Kier molecular flexibility index (Phi) is 4.45. The van der Waals surface area contributed by atoms with Gasteiger partial charge in [-0.2, -0.15) is 0 Å². The van der Waals surface area contributed by atoms with Crippen molar-refractivity contribution in [3.05, 3.63) is 0 Å². The van der Waals surface area contributed by atoms with E-state index in [1.807, 2.05) is 0 Å². The third kappa shape index (κ3) is 3.76. The summed E-state index contributed by atoms with van der Waals surface area (Å²) >= 11 is 0. The molecule has 0 aromatic heterocycles. The third-order valence-corrected chi connectivity index (χ3v) is 3.97. The molecule has 88 valence electrons. The Balaban J connectivity index is 1.71. The standard InChI is InChI=1S/C13H26N2/c1-15-10-9-13(11-15)14-12-7-5-3-2-4-6-8-12/h12-14H,2-11H2,1H3. The van der Waals surface area contributed by atoms with Crippen molar-refractivity contribution >= 4 is 0 Å². The van der Waals surface area contributed by atoms with E-state index in [-0.39, 0.29) is 0 Å². The molecule has 1 aliphatic carbocycles. The Labute approximate surface area is 94.4 Å². The molecular formula is C13H26N2. The van der Waals surface area contributed by atoms with Gasteiger partial charge < -0.3 is 10.2 Å². The first-order valence-electron chi connectivity index (χ1n) is 6.79. The van der Waals surface area contributed by atoms with E-state index < -0.39 is 0 Å². The lowest BCUT2D eigenvalue weighted by atomic mass is 9.96. The van der Waals surface area contributed by atoms with Crippen molar-refractivity contribution in [2.45, 2.75) is 63.5 Å². The summed E-state index contributed by atoms with van der Waals surface area (Å²) in [6.45, 7) is 2.54. The molecule has 1 N–H and O–H groups in total. The highest BCUT2D eigenvalue weighted by Gasteiger charge is 2.22. The largest absolute Gasteiger partial charge is 0.310 e. The van der Waals surface area contributed by atoms with Crippen molar-refractivity contribution < 1.29 is 0 Å². The van der Waals surface area contributed by atoms with Crippen molar-refractivity contribution in [2.75, 3.05) is 20.1 Å². The SMILES string of the molecule is CN1CCC(NC2CCCCCCC2)C1. The second-order valence-corrected chi connectivity index (χ2v) is 5.46. The maximum absolute atomic E-state index is 3.87. The van der Waals surface area contributed by atoms with Crippen molar-refractivity contribution in [1.29, 1.82) is 0 Å². The Morgan fingerprint density at radius 1 is 0.867 bits per heavy atom. The molecule has 15 heavy (non-hydrogen) atoms. The van der Waals surface area contributed by atoms with Crippen LogP contribution in [0.15, 0.2) is 0 Å². The lowest BCUT2D eigenvalue weighted by Gasteiger charge is -2.24. The van der Waals surface area contributed by atoms with Crippen LogP contribution in [0.25, 0.3) is 0 Å². The van der Waals surface area contributed by atoms with Gasteiger partial charge in [0.2, 0.25) is 0 Å². The maximum Gasteiger partial charge on any atom is 0.0209 e. The second-order valence-electron chi connectivity index (χ2n) is 5.46. The molecule has 0 radical (unpaired) electrons. The summed E-state index contributed by atoms with van der Waals surface area (Å²) in [5.41, 5.74) is 0. The lowest BCUT2D eigenvalue weighted by Crippen LogP contribution is -2.40. The highest BCUT2D eigenvalue weighted by molar-refractivity contribution is 4.82. The highest BCUT2D eigenvalue weighted by Crippen LogP contribution is 2.18. The molecule has 2 fully saturated rings. The van der Waals surface area contributed by atoms with Gasteiger partial charge in [0.25, 0.3) is 0 Å². The zero-order chi connectivity index (χ0) is 10.5. The van der Waals surface area contributed by atoms with Crippen LogP contribution in [0, 0.1) is 0 Å². The number of rotatable bonds is 2. The van der Waals surface area contributed by atoms with Crippen LogP contribution < -0.4 is 5.32 Å². The van der Waals surface area contributed by atoms with Gasteiger partial charge in [-0.1, -0.05) is 32.1 Å². The molecule has 1 unspecified atom stereocenters. The van der Waals surface area contributed by atoms with Gasteiger partial charge >= 0.3 is 0 Å². The van der Waals surface area contributed by atoms with Gasteiger partial charge in [-0.05, 0) is 32.9 Å². The summed E-state index contributed by atoms with van der Waals surface area (Å²) in [5, 5.41) is 3.87. The quantitative estimate of drug-likeness (QED) is 0.753. The number of likely N-dealkylation sites (N-methyl/N-ethyl adjacent to an activating group) is 1. The Hall–Kier alpha value is -0.0800. The van der Waals surface area contributed by atoms with Crippen LogP contribution in [0.1, 0.15) is 51.4 Å². The summed E-state index contributed by atoms with van der Waals surface area (Å²) in [7, 11) is 2.24. The molecule has 2 rings (SSSR count). The molecule has 0 spiro atoms. The zero-order valence-electron chi connectivity index (χ0n) is 10.2. The van der Waals surface area contributed by atoms with E-state index in [4.69, 9.17) is 0 Å². The third-order valence-electron chi connectivity index (χ3n) is 3.97. The van der Waals surface area contributed by atoms with E-state index in [2.05, 4.69) is 17.3 Å². The van der Waals surface area contributed by atoms with Crippen molar-refractivity contribution in [3.8, 4) is 0 Å². The molecule has 1 heterocycles.